The number of likely N-dealkylation sites (tertiary alicyclic amines) is 1. The second-order valence-electron chi connectivity index (χ2n) is 6.98. The molecule has 2 fully saturated rings. The predicted molar refractivity (Wildman–Crippen MR) is 82.3 cm³/mol. The van der Waals surface area contributed by atoms with Crippen LogP contribution in [-0.4, -0.2) is 54.6 Å². The Morgan fingerprint density at radius 2 is 1.84 bits per heavy atom. The first-order valence-electron chi connectivity index (χ1n) is 8.24. The maximum atomic E-state index is 6.14. The lowest BCUT2D eigenvalue weighted by Gasteiger charge is -2.48. The van der Waals surface area contributed by atoms with E-state index in [1.54, 1.807) is 0 Å². The Morgan fingerprint density at radius 3 is 2.26 bits per heavy atom. The first kappa shape index (κ1) is 15.3. The van der Waals surface area contributed by atoms with Crippen LogP contribution in [0, 0.1) is 5.92 Å². The van der Waals surface area contributed by atoms with Crippen molar-refractivity contribution in [2.75, 3.05) is 33.2 Å². The van der Waals surface area contributed by atoms with Gasteiger partial charge in [0, 0.05) is 18.1 Å². The fraction of sp³-hybridized carbons (Fsp3) is 1.00. The molecule has 0 amide bonds. The molecule has 1 saturated heterocycles. The summed E-state index contributed by atoms with van der Waals surface area (Å²) in [7, 11) is 2.32. The molecule has 0 radical (unpaired) electrons. The van der Waals surface area contributed by atoms with Crippen LogP contribution >= 0.6 is 0 Å². The Balaban J connectivity index is 1.89. The maximum Gasteiger partial charge on any atom is 0.0306 e. The third-order valence-corrected chi connectivity index (χ3v) is 5.80. The molecule has 1 unspecified atom stereocenters. The van der Waals surface area contributed by atoms with Crippen molar-refractivity contribution in [2.24, 2.45) is 11.7 Å². The van der Waals surface area contributed by atoms with E-state index in [0.29, 0.717) is 0 Å². The lowest BCUT2D eigenvalue weighted by molar-refractivity contribution is 0.0261. The number of nitrogens with two attached hydrogens (primary N) is 1. The van der Waals surface area contributed by atoms with Crippen LogP contribution in [0.3, 0.4) is 0 Å². The van der Waals surface area contributed by atoms with Crippen LogP contribution in [0.25, 0.3) is 0 Å². The van der Waals surface area contributed by atoms with E-state index < -0.39 is 0 Å². The van der Waals surface area contributed by atoms with Crippen LogP contribution in [0.2, 0.25) is 0 Å². The minimum atomic E-state index is 0.212. The van der Waals surface area contributed by atoms with Crippen molar-refractivity contribution in [3.63, 3.8) is 0 Å². The number of hydrogen-bond donors (Lipinski definition) is 1. The standard InChI is InChI=1S/C16H33N3/c1-4-19-10-8-15(9-11-19)18(3)16(2,13-17)12-14-6-5-7-14/h14-15H,4-13,17H2,1-3H3. The van der Waals surface area contributed by atoms with Gasteiger partial charge in [-0.2, -0.15) is 0 Å². The summed E-state index contributed by atoms with van der Waals surface area (Å²) in [6.45, 7) is 9.17. The molecule has 1 aliphatic carbocycles. The van der Waals surface area contributed by atoms with Crippen LogP contribution in [-0.2, 0) is 0 Å². The highest BCUT2D eigenvalue weighted by molar-refractivity contribution is 4.94. The second-order valence-corrected chi connectivity index (χ2v) is 6.98. The Kier molecular flexibility index (Phi) is 5.27. The molecule has 2 aliphatic rings. The Morgan fingerprint density at radius 1 is 1.21 bits per heavy atom. The van der Waals surface area contributed by atoms with Gasteiger partial charge in [0.2, 0.25) is 0 Å². The average molecular weight is 267 g/mol. The summed E-state index contributed by atoms with van der Waals surface area (Å²) in [6.07, 6.45) is 8.21. The zero-order chi connectivity index (χ0) is 13.9. The molecule has 3 nitrogen and oxygen atoms in total. The summed E-state index contributed by atoms with van der Waals surface area (Å²) in [6, 6.07) is 0.733. The van der Waals surface area contributed by atoms with Gasteiger partial charge in [0.05, 0.1) is 0 Å². The summed E-state index contributed by atoms with van der Waals surface area (Å²) >= 11 is 0. The molecule has 1 atom stereocenters. The molecule has 3 heteroatoms. The van der Waals surface area contributed by atoms with Crippen molar-refractivity contribution >= 4 is 0 Å². The van der Waals surface area contributed by atoms with Gasteiger partial charge in [-0.15, -0.1) is 0 Å². The lowest BCUT2D eigenvalue weighted by Crippen LogP contribution is -2.57. The molecule has 0 aromatic heterocycles. The molecule has 112 valence electrons. The summed E-state index contributed by atoms with van der Waals surface area (Å²) in [5.74, 6) is 0.937. The highest BCUT2D eigenvalue weighted by Crippen LogP contribution is 2.36. The molecule has 1 aliphatic heterocycles. The zero-order valence-electron chi connectivity index (χ0n) is 13.2. The molecule has 1 saturated carbocycles. The van der Waals surface area contributed by atoms with E-state index in [1.165, 1.54) is 58.2 Å². The summed E-state index contributed by atoms with van der Waals surface area (Å²) < 4.78 is 0. The van der Waals surface area contributed by atoms with Crippen LogP contribution in [0.5, 0.6) is 0 Å². The molecule has 0 aromatic carbocycles. The number of likely N-dealkylation sites (N-methyl/N-ethyl adjacent to an activating group) is 1. The quantitative estimate of drug-likeness (QED) is 0.801. The first-order valence-corrected chi connectivity index (χ1v) is 8.24. The SMILES string of the molecule is CCN1CCC(N(C)C(C)(CN)CC2CCC2)CC1. The van der Waals surface area contributed by atoms with Gasteiger partial charge in [-0.25, -0.2) is 0 Å². The van der Waals surface area contributed by atoms with Gasteiger partial charge < -0.3 is 10.6 Å². The van der Waals surface area contributed by atoms with Crippen LogP contribution in [0.4, 0.5) is 0 Å². The van der Waals surface area contributed by atoms with Gasteiger partial charge in [-0.3, -0.25) is 4.90 Å². The monoisotopic (exact) mass is 267 g/mol. The molecule has 0 spiro atoms. The van der Waals surface area contributed by atoms with Crippen molar-refractivity contribution in [3.05, 3.63) is 0 Å². The van der Waals surface area contributed by atoms with Gasteiger partial charge in [0.1, 0.15) is 0 Å². The van der Waals surface area contributed by atoms with E-state index in [-0.39, 0.29) is 5.54 Å². The van der Waals surface area contributed by atoms with E-state index in [4.69, 9.17) is 5.73 Å². The smallest absolute Gasteiger partial charge is 0.0306 e. The molecular formula is C16H33N3. The Bertz CT molecular complexity index is 269. The van der Waals surface area contributed by atoms with E-state index >= 15 is 0 Å². The van der Waals surface area contributed by atoms with Crippen LogP contribution in [0.1, 0.15) is 52.4 Å². The normalized spacial score (nSPS) is 26.4. The molecule has 19 heavy (non-hydrogen) atoms. The summed E-state index contributed by atoms with van der Waals surface area (Å²) in [4.78, 5) is 5.19. The fourth-order valence-electron chi connectivity index (χ4n) is 3.75. The summed E-state index contributed by atoms with van der Waals surface area (Å²) in [5.41, 5.74) is 6.36. The molecular weight excluding hydrogens is 234 g/mol. The molecule has 0 aromatic rings. The Hall–Kier alpha value is -0.120. The maximum absolute atomic E-state index is 6.14. The van der Waals surface area contributed by atoms with E-state index in [9.17, 15) is 0 Å². The van der Waals surface area contributed by atoms with Crippen molar-refractivity contribution in [1.82, 2.24) is 9.80 Å². The van der Waals surface area contributed by atoms with Gasteiger partial charge in [0.25, 0.3) is 0 Å². The third kappa shape index (κ3) is 3.50. The minimum Gasteiger partial charge on any atom is -0.329 e. The predicted octanol–water partition coefficient (Wildman–Crippen LogP) is 2.31. The van der Waals surface area contributed by atoms with Gasteiger partial charge in [-0.1, -0.05) is 26.2 Å². The van der Waals surface area contributed by atoms with Crippen molar-refractivity contribution in [1.29, 1.82) is 0 Å². The average Bonchev–Trinajstić information content (AvgIpc) is 2.42. The van der Waals surface area contributed by atoms with Gasteiger partial charge >= 0.3 is 0 Å². The van der Waals surface area contributed by atoms with E-state index in [2.05, 4.69) is 30.7 Å². The molecule has 2 rings (SSSR count). The number of hydrogen-bond acceptors (Lipinski definition) is 3. The topological polar surface area (TPSA) is 32.5 Å². The largest absolute Gasteiger partial charge is 0.329 e. The number of piperidine rings is 1. The first-order chi connectivity index (χ1) is 9.09. The van der Waals surface area contributed by atoms with Crippen LogP contribution in [0.15, 0.2) is 0 Å². The second kappa shape index (κ2) is 6.55. The lowest BCUT2D eigenvalue weighted by atomic mass is 9.75. The molecule has 2 N–H and O–H groups in total. The van der Waals surface area contributed by atoms with E-state index in [0.717, 1.165) is 18.5 Å². The van der Waals surface area contributed by atoms with Gasteiger partial charge in [0.15, 0.2) is 0 Å². The third-order valence-electron chi connectivity index (χ3n) is 5.80. The fourth-order valence-corrected chi connectivity index (χ4v) is 3.75. The van der Waals surface area contributed by atoms with Gasteiger partial charge in [-0.05, 0) is 58.8 Å². The molecule has 0 bridgehead atoms. The highest BCUT2D eigenvalue weighted by atomic mass is 15.2. The van der Waals surface area contributed by atoms with Crippen molar-refractivity contribution in [3.8, 4) is 0 Å². The van der Waals surface area contributed by atoms with Crippen molar-refractivity contribution in [2.45, 2.75) is 64.0 Å². The van der Waals surface area contributed by atoms with Crippen molar-refractivity contribution < 1.29 is 0 Å². The summed E-state index contributed by atoms with van der Waals surface area (Å²) in [5, 5.41) is 0. The minimum absolute atomic E-state index is 0.212. The zero-order valence-corrected chi connectivity index (χ0v) is 13.2. The highest BCUT2D eigenvalue weighted by Gasteiger charge is 2.37. The van der Waals surface area contributed by atoms with E-state index in [1.807, 2.05) is 0 Å². The molecule has 1 heterocycles. The number of rotatable bonds is 6. The number of nitrogens with zero attached hydrogens (tertiary/aromatic N) is 2. The Labute approximate surface area is 119 Å². The van der Waals surface area contributed by atoms with Crippen LogP contribution < -0.4 is 5.73 Å².